The number of alkyl carbamates (subject to hydrolysis) is 1. The normalized spacial score (nSPS) is 13.5. The second kappa shape index (κ2) is 7.36. The molecule has 3 rings (SSSR count). The average molecular weight is 340 g/mol. The lowest BCUT2D eigenvalue weighted by Crippen LogP contribution is -2.46. The molecule has 2 aromatic rings. The van der Waals surface area contributed by atoms with Crippen LogP contribution in [-0.4, -0.2) is 38.4 Å². The Morgan fingerprint density at radius 1 is 1.08 bits per heavy atom. The highest BCUT2D eigenvalue weighted by molar-refractivity contribution is 5.82. The second-order valence-electron chi connectivity index (χ2n) is 5.78. The minimum absolute atomic E-state index is 0.0346. The monoisotopic (exact) mass is 340 g/mol. The number of ether oxygens (including phenoxy) is 2. The minimum atomic E-state index is -0.916. The van der Waals surface area contributed by atoms with Crippen LogP contribution in [0.4, 0.5) is 4.79 Å². The molecule has 1 aliphatic carbocycles. The number of amides is 1. The van der Waals surface area contributed by atoms with Crippen molar-refractivity contribution in [1.82, 2.24) is 5.32 Å². The number of nitrogens with one attached hydrogen (secondary N) is 1. The summed E-state index contributed by atoms with van der Waals surface area (Å²) in [6.45, 7) is 0.120. The lowest BCUT2D eigenvalue weighted by atomic mass is 9.98. The van der Waals surface area contributed by atoms with E-state index in [0.29, 0.717) is 0 Å². The van der Waals surface area contributed by atoms with Crippen molar-refractivity contribution in [3.05, 3.63) is 59.7 Å². The van der Waals surface area contributed by atoms with Crippen LogP contribution in [0.25, 0.3) is 11.1 Å². The molecule has 3 N–H and O–H groups in total. The number of fused-ring (bicyclic) bond motifs is 3. The number of carbonyl (C=O) groups is 2. The predicted molar refractivity (Wildman–Crippen MR) is 93.1 cm³/mol. The maximum Gasteiger partial charge on any atom is 0.407 e. The van der Waals surface area contributed by atoms with Crippen molar-refractivity contribution in [2.75, 3.05) is 20.3 Å². The summed E-state index contributed by atoms with van der Waals surface area (Å²) in [5.74, 6) is -0.636. The molecule has 0 radical (unpaired) electrons. The Bertz CT molecular complexity index is 745. The molecule has 0 spiro atoms. The Balaban J connectivity index is 1.71. The molecule has 0 heterocycles. The quantitative estimate of drug-likeness (QED) is 0.813. The third-order valence-electron chi connectivity index (χ3n) is 4.36. The summed E-state index contributed by atoms with van der Waals surface area (Å²) in [7, 11) is 1.24. The van der Waals surface area contributed by atoms with Gasteiger partial charge in [-0.2, -0.15) is 0 Å². The highest BCUT2D eigenvalue weighted by atomic mass is 16.6. The third kappa shape index (κ3) is 3.34. The largest absolute Gasteiger partial charge is 0.467 e. The molecule has 130 valence electrons. The number of benzene rings is 2. The summed E-state index contributed by atoms with van der Waals surface area (Å²) in [4.78, 5) is 23.5. The van der Waals surface area contributed by atoms with Gasteiger partial charge in [0.15, 0.2) is 0 Å². The molecule has 2 aromatic carbocycles. The molecule has 1 atom stereocenters. The first-order chi connectivity index (χ1) is 12.2. The first kappa shape index (κ1) is 17.0. The number of hydrogen-bond donors (Lipinski definition) is 2. The van der Waals surface area contributed by atoms with E-state index >= 15 is 0 Å². The van der Waals surface area contributed by atoms with Gasteiger partial charge in [0.1, 0.15) is 12.6 Å². The summed E-state index contributed by atoms with van der Waals surface area (Å²) >= 11 is 0. The zero-order chi connectivity index (χ0) is 17.8. The average Bonchev–Trinajstić information content (AvgIpc) is 2.98. The fraction of sp³-hybridized carbons (Fsp3) is 0.263. The summed E-state index contributed by atoms with van der Waals surface area (Å²) in [5.41, 5.74) is 10.0. The van der Waals surface area contributed by atoms with E-state index in [1.54, 1.807) is 0 Å². The van der Waals surface area contributed by atoms with Crippen molar-refractivity contribution < 1.29 is 19.1 Å². The Morgan fingerprint density at radius 3 is 2.16 bits per heavy atom. The van der Waals surface area contributed by atoms with Gasteiger partial charge in [-0.25, -0.2) is 9.59 Å². The Kier molecular flexibility index (Phi) is 5.00. The van der Waals surface area contributed by atoms with E-state index in [9.17, 15) is 9.59 Å². The van der Waals surface area contributed by atoms with Crippen molar-refractivity contribution >= 4 is 12.1 Å². The molecule has 0 saturated carbocycles. The summed E-state index contributed by atoms with van der Waals surface area (Å²) in [6, 6.07) is 15.2. The summed E-state index contributed by atoms with van der Waals surface area (Å²) < 4.78 is 9.94. The van der Waals surface area contributed by atoms with Crippen LogP contribution in [0.2, 0.25) is 0 Å². The predicted octanol–water partition coefficient (Wildman–Crippen LogP) is 2.03. The molecular weight excluding hydrogens is 320 g/mol. The van der Waals surface area contributed by atoms with Gasteiger partial charge in [0.2, 0.25) is 0 Å². The summed E-state index contributed by atoms with van der Waals surface area (Å²) in [6.07, 6.45) is -0.692. The van der Waals surface area contributed by atoms with E-state index in [0.717, 1.165) is 22.3 Å². The standard InChI is InChI=1S/C19H20N2O4/c1-24-18(22)17(10-20)21-19(23)25-11-16-14-8-4-2-6-12(14)13-7-3-5-9-15(13)16/h2-9,16-17H,10-11,20H2,1H3,(H,21,23). The van der Waals surface area contributed by atoms with Gasteiger partial charge in [0.05, 0.1) is 7.11 Å². The van der Waals surface area contributed by atoms with Crippen LogP contribution in [-0.2, 0) is 14.3 Å². The fourth-order valence-electron chi connectivity index (χ4n) is 3.14. The zero-order valence-corrected chi connectivity index (χ0v) is 13.9. The van der Waals surface area contributed by atoms with Crippen LogP contribution < -0.4 is 11.1 Å². The fourth-order valence-corrected chi connectivity index (χ4v) is 3.14. The van der Waals surface area contributed by atoms with Gasteiger partial charge in [-0.3, -0.25) is 0 Å². The first-order valence-electron chi connectivity index (χ1n) is 8.05. The molecule has 0 bridgehead atoms. The minimum Gasteiger partial charge on any atom is -0.467 e. The number of hydrogen-bond acceptors (Lipinski definition) is 5. The summed E-state index contributed by atoms with van der Waals surface area (Å²) in [5, 5.41) is 2.43. The topological polar surface area (TPSA) is 90.6 Å². The molecule has 25 heavy (non-hydrogen) atoms. The molecule has 0 aliphatic heterocycles. The van der Waals surface area contributed by atoms with E-state index in [2.05, 4.69) is 22.2 Å². The van der Waals surface area contributed by atoms with Gasteiger partial charge in [-0.1, -0.05) is 48.5 Å². The van der Waals surface area contributed by atoms with Crippen LogP contribution in [0, 0.1) is 0 Å². The van der Waals surface area contributed by atoms with Crippen LogP contribution in [0.3, 0.4) is 0 Å². The first-order valence-corrected chi connectivity index (χ1v) is 8.05. The maximum atomic E-state index is 12.0. The third-order valence-corrected chi connectivity index (χ3v) is 4.36. The lowest BCUT2D eigenvalue weighted by molar-refractivity contribution is -0.142. The molecule has 0 aromatic heterocycles. The van der Waals surface area contributed by atoms with Crippen LogP contribution in [0.15, 0.2) is 48.5 Å². The molecular formula is C19H20N2O4. The van der Waals surface area contributed by atoms with Crippen molar-refractivity contribution in [2.24, 2.45) is 5.73 Å². The Labute approximate surface area is 145 Å². The molecule has 6 nitrogen and oxygen atoms in total. The van der Waals surface area contributed by atoms with Crippen LogP contribution >= 0.6 is 0 Å². The van der Waals surface area contributed by atoms with Gasteiger partial charge < -0.3 is 20.5 Å². The van der Waals surface area contributed by atoms with Gasteiger partial charge in [0, 0.05) is 12.5 Å². The molecule has 0 saturated heterocycles. The van der Waals surface area contributed by atoms with Gasteiger partial charge in [-0.05, 0) is 22.3 Å². The highest BCUT2D eigenvalue weighted by Crippen LogP contribution is 2.44. The van der Waals surface area contributed by atoms with Crippen molar-refractivity contribution in [3.8, 4) is 11.1 Å². The molecule has 1 aliphatic rings. The van der Waals surface area contributed by atoms with E-state index in [-0.39, 0.29) is 19.1 Å². The van der Waals surface area contributed by atoms with Gasteiger partial charge >= 0.3 is 12.1 Å². The molecule has 1 unspecified atom stereocenters. The SMILES string of the molecule is COC(=O)C(CN)NC(=O)OCC1c2ccccc2-c2ccccc21. The van der Waals surface area contributed by atoms with Crippen LogP contribution in [0.1, 0.15) is 17.0 Å². The molecule has 1 amide bonds. The molecule has 0 fully saturated rings. The van der Waals surface area contributed by atoms with E-state index in [4.69, 9.17) is 10.5 Å². The zero-order valence-electron chi connectivity index (χ0n) is 13.9. The smallest absolute Gasteiger partial charge is 0.407 e. The van der Waals surface area contributed by atoms with Crippen molar-refractivity contribution in [3.63, 3.8) is 0 Å². The van der Waals surface area contributed by atoms with Gasteiger partial charge in [-0.15, -0.1) is 0 Å². The van der Waals surface area contributed by atoms with E-state index in [1.165, 1.54) is 7.11 Å². The molecule has 6 heteroatoms. The van der Waals surface area contributed by atoms with E-state index < -0.39 is 18.1 Å². The van der Waals surface area contributed by atoms with Crippen molar-refractivity contribution in [1.29, 1.82) is 0 Å². The number of carbonyl (C=O) groups excluding carboxylic acids is 2. The van der Waals surface area contributed by atoms with Crippen molar-refractivity contribution in [2.45, 2.75) is 12.0 Å². The Morgan fingerprint density at radius 2 is 1.64 bits per heavy atom. The lowest BCUT2D eigenvalue weighted by Gasteiger charge is -2.17. The van der Waals surface area contributed by atoms with E-state index in [1.807, 2.05) is 36.4 Å². The second-order valence-corrected chi connectivity index (χ2v) is 5.78. The highest BCUT2D eigenvalue weighted by Gasteiger charge is 2.29. The van der Waals surface area contributed by atoms with Crippen LogP contribution in [0.5, 0.6) is 0 Å². The van der Waals surface area contributed by atoms with Gasteiger partial charge in [0.25, 0.3) is 0 Å². The number of rotatable bonds is 5. The number of nitrogens with two attached hydrogens (primary N) is 1. The Hall–Kier alpha value is -2.86. The maximum absolute atomic E-state index is 12.0. The number of esters is 1. The number of methoxy groups -OCH3 is 1.